The SMILES string of the molecule is CCOc1ccc(C(C)NC(=NC)NCCc2cn3ccccc3n2)cc1OCC.I. The van der Waals surface area contributed by atoms with Gasteiger partial charge in [-0.1, -0.05) is 12.1 Å². The van der Waals surface area contributed by atoms with Crippen LogP contribution in [0.4, 0.5) is 0 Å². The van der Waals surface area contributed by atoms with Crippen LogP contribution in [0.15, 0.2) is 53.8 Å². The first-order valence-electron chi connectivity index (χ1n) is 10.4. The van der Waals surface area contributed by atoms with Crippen LogP contribution in [0.1, 0.15) is 38.1 Å². The smallest absolute Gasteiger partial charge is 0.191 e. The van der Waals surface area contributed by atoms with Crippen molar-refractivity contribution in [2.24, 2.45) is 4.99 Å². The third-order valence-electron chi connectivity index (χ3n) is 4.73. The molecule has 0 bridgehead atoms. The van der Waals surface area contributed by atoms with Crippen molar-refractivity contribution in [2.45, 2.75) is 33.2 Å². The van der Waals surface area contributed by atoms with Crippen LogP contribution in [0, 0.1) is 0 Å². The number of ether oxygens (including phenoxy) is 2. The van der Waals surface area contributed by atoms with E-state index in [0.29, 0.717) is 13.2 Å². The van der Waals surface area contributed by atoms with Crippen molar-refractivity contribution >= 4 is 35.6 Å². The minimum atomic E-state index is 0. The Morgan fingerprint density at radius 2 is 1.90 bits per heavy atom. The van der Waals surface area contributed by atoms with Crippen molar-refractivity contribution < 1.29 is 9.47 Å². The highest BCUT2D eigenvalue weighted by Crippen LogP contribution is 2.30. The van der Waals surface area contributed by atoms with Gasteiger partial charge in [-0.25, -0.2) is 4.98 Å². The Kier molecular flexibility index (Phi) is 9.90. The number of nitrogens with one attached hydrogen (secondary N) is 2. The van der Waals surface area contributed by atoms with Gasteiger partial charge in [0.1, 0.15) is 5.65 Å². The van der Waals surface area contributed by atoms with Crippen molar-refractivity contribution in [3.8, 4) is 11.5 Å². The van der Waals surface area contributed by atoms with Crippen LogP contribution in [-0.4, -0.2) is 42.2 Å². The van der Waals surface area contributed by atoms with Gasteiger partial charge in [0.2, 0.25) is 0 Å². The van der Waals surface area contributed by atoms with E-state index < -0.39 is 0 Å². The maximum Gasteiger partial charge on any atom is 0.191 e. The van der Waals surface area contributed by atoms with E-state index in [1.165, 1.54) is 0 Å². The molecule has 2 heterocycles. The van der Waals surface area contributed by atoms with E-state index in [2.05, 4.69) is 39.8 Å². The molecule has 1 aromatic carbocycles. The second kappa shape index (κ2) is 12.4. The molecule has 0 radical (unpaired) electrons. The zero-order valence-electron chi connectivity index (χ0n) is 18.6. The van der Waals surface area contributed by atoms with Crippen molar-refractivity contribution in [2.75, 3.05) is 26.8 Å². The van der Waals surface area contributed by atoms with Gasteiger partial charge in [-0.3, -0.25) is 4.99 Å². The fraction of sp³-hybridized carbons (Fsp3) is 0.391. The summed E-state index contributed by atoms with van der Waals surface area (Å²) < 4.78 is 13.4. The van der Waals surface area contributed by atoms with Crippen LogP contribution in [0.3, 0.4) is 0 Å². The topological polar surface area (TPSA) is 72.2 Å². The van der Waals surface area contributed by atoms with Gasteiger partial charge in [-0.05, 0) is 50.6 Å². The summed E-state index contributed by atoms with van der Waals surface area (Å²) in [4.78, 5) is 8.98. The lowest BCUT2D eigenvalue weighted by molar-refractivity contribution is 0.287. The Labute approximate surface area is 201 Å². The molecular weight excluding hydrogens is 505 g/mol. The number of nitrogens with zero attached hydrogens (tertiary/aromatic N) is 3. The fourth-order valence-corrected chi connectivity index (χ4v) is 3.24. The van der Waals surface area contributed by atoms with Crippen molar-refractivity contribution in [3.05, 3.63) is 60.0 Å². The van der Waals surface area contributed by atoms with Crippen LogP contribution in [-0.2, 0) is 6.42 Å². The number of imidazole rings is 1. The maximum atomic E-state index is 5.74. The summed E-state index contributed by atoms with van der Waals surface area (Å²) in [5.74, 6) is 2.28. The average Bonchev–Trinajstić information content (AvgIpc) is 3.17. The lowest BCUT2D eigenvalue weighted by Gasteiger charge is -2.20. The minimum absolute atomic E-state index is 0. The summed E-state index contributed by atoms with van der Waals surface area (Å²) in [7, 11) is 1.77. The molecule has 8 heteroatoms. The molecule has 0 amide bonds. The molecule has 0 saturated carbocycles. The highest BCUT2D eigenvalue weighted by molar-refractivity contribution is 14.0. The Morgan fingerprint density at radius 3 is 2.61 bits per heavy atom. The Balaban J connectivity index is 0.00000341. The summed E-state index contributed by atoms with van der Waals surface area (Å²) in [6, 6.07) is 12.1. The molecule has 0 aliphatic heterocycles. The molecular formula is C23H32IN5O2. The fourth-order valence-electron chi connectivity index (χ4n) is 3.24. The second-order valence-electron chi connectivity index (χ2n) is 6.89. The zero-order chi connectivity index (χ0) is 21.3. The lowest BCUT2D eigenvalue weighted by Crippen LogP contribution is -2.39. The van der Waals surface area contributed by atoms with Gasteiger partial charge < -0.3 is 24.5 Å². The van der Waals surface area contributed by atoms with Crippen molar-refractivity contribution in [1.29, 1.82) is 0 Å². The number of fused-ring (bicyclic) bond motifs is 1. The highest BCUT2D eigenvalue weighted by atomic mass is 127. The predicted octanol–water partition coefficient (Wildman–Crippen LogP) is 4.22. The molecule has 2 N–H and O–H groups in total. The summed E-state index contributed by atoms with van der Waals surface area (Å²) in [6.45, 7) is 7.98. The van der Waals surface area contributed by atoms with Gasteiger partial charge >= 0.3 is 0 Å². The number of aliphatic imine (C=N–C) groups is 1. The normalized spacial score (nSPS) is 12.2. The van der Waals surface area contributed by atoms with E-state index in [1.54, 1.807) is 7.05 Å². The van der Waals surface area contributed by atoms with Gasteiger partial charge in [0, 0.05) is 32.4 Å². The summed E-state index contributed by atoms with van der Waals surface area (Å²) in [5.41, 5.74) is 3.11. The number of hydrogen-bond donors (Lipinski definition) is 2. The van der Waals surface area contributed by atoms with Gasteiger partial charge in [0.25, 0.3) is 0 Å². The summed E-state index contributed by atoms with van der Waals surface area (Å²) in [5, 5.41) is 6.80. The molecule has 168 valence electrons. The highest BCUT2D eigenvalue weighted by Gasteiger charge is 2.12. The number of aromatic nitrogens is 2. The number of hydrogen-bond acceptors (Lipinski definition) is 4. The molecule has 0 fully saturated rings. The van der Waals surface area contributed by atoms with Crippen LogP contribution < -0.4 is 20.1 Å². The molecule has 0 spiro atoms. The minimum Gasteiger partial charge on any atom is -0.490 e. The van der Waals surface area contributed by atoms with Crippen LogP contribution in [0.25, 0.3) is 5.65 Å². The average molecular weight is 537 g/mol. The monoisotopic (exact) mass is 537 g/mol. The standard InChI is InChI=1S/C23H31N5O2.HI/c1-5-29-20-11-10-18(15-21(20)30-6-2)17(3)26-23(24-4)25-13-12-19-16-28-14-8-7-9-22(28)27-19;/h7-11,14-17H,5-6,12-13H2,1-4H3,(H2,24,25,26);1H. The lowest BCUT2D eigenvalue weighted by atomic mass is 10.1. The Bertz CT molecular complexity index is 956. The number of halogens is 1. The Morgan fingerprint density at radius 1 is 1.13 bits per heavy atom. The summed E-state index contributed by atoms with van der Waals surface area (Å²) >= 11 is 0. The molecule has 0 aliphatic carbocycles. The molecule has 0 aliphatic rings. The van der Waals surface area contributed by atoms with Gasteiger partial charge in [0.05, 0.1) is 24.9 Å². The van der Waals surface area contributed by atoms with Crippen LogP contribution in [0.2, 0.25) is 0 Å². The third-order valence-corrected chi connectivity index (χ3v) is 4.73. The maximum absolute atomic E-state index is 5.74. The van der Waals surface area contributed by atoms with E-state index in [1.807, 2.05) is 54.8 Å². The summed E-state index contributed by atoms with van der Waals surface area (Å²) in [6.07, 6.45) is 4.88. The molecule has 7 nitrogen and oxygen atoms in total. The first-order chi connectivity index (χ1) is 14.6. The van der Waals surface area contributed by atoms with E-state index in [0.717, 1.165) is 47.3 Å². The second-order valence-corrected chi connectivity index (χ2v) is 6.89. The van der Waals surface area contributed by atoms with E-state index >= 15 is 0 Å². The molecule has 3 rings (SSSR count). The van der Waals surface area contributed by atoms with E-state index in [-0.39, 0.29) is 30.0 Å². The first kappa shape index (κ1) is 24.8. The van der Waals surface area contributed by atoms with Gasteiger partial charge in [-0.15, -0.1) is 24.0 Å². The number of benzene rings is 1. The quantitative estimate of drug-likeness (QED) is 0.243. The number of pyridine rings is 1. The van der Waals surface area contributed by atoms with Crippen molar-refractivity contribution in [1.82, 2.24) is 20.0 Å². The molecule has 2 aromatic heterocycles. The predicted molar refractivity (Wildman–Crippen MR) is 136 cm³/mol. The van der Waals surface area contributed by atoms with Gasteiger partial charge in [-0.2, -0.15) is 0 Å². The molecule has 0 saturated heterocycles. The van der Waals surface area contributed by atoms with E-state index in [4.69, 9.17) is 9.47 Å². The van der Waals surface area contributed by atoms with E-state index in [9.17, 15) is 0 Å². The molecule has 3 aromatic rings. The number of guanidine groups is 1. The molecule has 1 unspecified atom stereocenters. The third kappa shape index (κ3) is 6.75. The molecule has 1 atom stereocenters. The van der Waals surface area contributed by atoms with Crippen molar-refractivity contribution in [3.63, 3.8) is 0 Å². The van der Waals surface area contributed by atoms with Crippen LogP contribution >= 0.6 is 24.0 Å². The Hall–Kier alpha value is -2.49. The van der Waals surface area contributed by atoms with Gasteiger partial charge in [0.15, 0.2) is 17.5 Å². The molecule has 31 heavy (non-hydrogen) atoms. The first-order valence-corrected chi connectivity index (χ1v) is 10.4. The zero-order valence-corrected chi connectivity index (χ0v) is 20.9. The number of rotatable bonds is 9. The largest absolute Gasteiger partial charge is 0.490 e. The van der Waals surface area contributed by atoms with Crippen LogP contribution in [0.5, 0.6) is 11.5 Å².